The van der Waals surface area contributed by atoms with E-state index in [4.69, 9.17) is 0 Å². The van der Waals surface area contributed by atoms with Crippen LogP contribution in [0.3, 0.4) is 0 Å². The lowest BCUT2D eigenvalue weighted by Crippen LogP contribution is -2.42. The summed E-state index contributed by atoms with van der Waals surface area (Å²) in [5.74, 6) is 0.0422. The highest BCUT2D eigenvalue weighted by Crippen LogP contribution is 1.81. The Bertz CT molecular complexity index is 222. The number of pyridine rings is 1. The molecule has 1 rings (SSSR count). The summed E-state index contributed by atoms with van der Waals surface area (Å²) >= 11 is 3.08. The van der Waals surface area contributed by atoms with E-state index in [0.717, 1.165) is 0 Å². The zero-order valence-corrected chi connectivity index (χ0v) is 6.91. The van der Waals surface area contributed by atoms with Crippen molar-refractivity contribution in [2.45, 2.75) is 0 Å². The SMILES string of the molecule is O=C(CBr)[n+]1ccccc1. The van der Waals surface area contributed by atoms with Gasteiger partial charge in [-0.2, -0.15) is 0 Å². The van der Waals surface area contributed by atoms with Crippen molar-refractivity contribution in [2.24, 2.45) is 0 Å². The number of carbonyl (C=O) groups excluding carboxylic acids is 1. The van der Waals surface area contributed by atoms with E-state index in [9.17, 15) is 4.79 Å². The van der Waals surface area contributed by atoms with E-state index in [0.29, 0.717) is 5.33 Å². The molecule has 0 radical (unpaired) electrons. The van der Waals surface area contributed by atoms with Crippen LogP contribution in [0.2, 0.25) is 0 Å². The van der Waals surface area contributed by atoms with Crippen LogP contribution in [0, 0.1) is 0 Å². The molecule has 0 aromatic carbocycles. The third-order valence-corrected chi connectivity index (χ3v) is 1.60. The predicted octanol–water partition coefficient (Wildman–Crippen LogP) is 1.01. The van der Waals surface area contributed by atoms with Crippen LogP contribution in [0.4, 0.5) is 0 Å². The van der Waals surface area contributed by atoms with Gasteiger partial charge in [-0.15, -0.1) is 4.57 Å². The molecule has 1 heterocycles. The molecule has 0 saturated heterocycles. The summed E-state index contributed by atoms with van der Waals surface area (Å²) in [6, 6.07) is 5.51. The van der Waals surface area contributed by atoms with Crippen LogP contribution >= 0.6 is 15.9 Å². The number of nitrogens with zero attached hydrogens (tertiary/aromatic N) is 1. The van der Waals surface area contributed by atoms with Gasteiger partial charge in [0, 0.05) is 12.1 Å². The van der Waals surface area contributed by atoms with Crippen molar-refractivity contribution in [2.75, 3.05) is 5.33 Å². The summed E-state index contributed by atoms with van der Waals surface area (Å²) in [7, 11) is 0. The van der Waals surface area contributed by atoms with Gasteiger partial charge in [0.05, 0.1) is 0 Å². The molecular weight excluding hydrogens is 194 g/mol. The Hall–Kier alpha value is -0.700. The Morgan fingerprint density at radius 3 is 2.40 bits per heavy atom. The van der Waals surface area contributed by atoms with Crippen LogP contribution in [0.5, 0.6) is 0 Å². The molecular formula is C7H7BrNO+. The van der Waals surface area contributed by atoms with E-state index in [1.165, 1.54) is 4.57 Å². The van der Waals surface area contributed by atoms with Crippen LogP contribution in [0.25, 0.3) is 0 Å². The summed E-state index contributed by atoms with van der Waals surface area (Å²) in [6.07, 6.45) is 3.45. The van der Waals surface area contributed by atoms with Crippen molar-refractivity contribution in [1.29, 1.82) is 0 Å². The van der Waals surface area contributed by atoms with E-state index < -0.39 is 0 Å². The average molecular weight is 201 g/mol. The second-order valence-corrected chi connectivity index (χ2v) is 2.37. The fourth-order valence-corrected chi connectivity index (χ4v) is 0.924. The highest BCUT2D eigenvalue weighted by Gasteiger charge is 2.08. The van der Waals surface area contributed by atoms with Gasteiger partial charge in [0.15, 0.2) is 12.4 Å². The maximum atomic E-state index is 10.9. The van der Waals surface area contributed by atoms with E-state index in [-0.39, 0.29) is 5.91 Å². The van der Waals surface area contributed by atoms with Crippen LogP contribution in [-0.4, -0.2) is 11.2 Å². The zero-order valence-electron chi connectivity index (χ0n) is 5.33. The molecule has 0 amide bonds. The lowest BCUT2D eigenvalue weighted by molar-refractivity contribution is -0.572. The Kier molecular flexibility index (Phi) is 2.57. The summed E-state index contributed by atoms with van der Waals surface area (Å²) < 4.78 is 1.54. The van der Waals surface area contributed by atoms with E-state index in [1.807, 2.05) is 18.2 Å². The number of halogens is 1. The molecule has 52 valence electrons. The van der Waals surface area contributed by atoms with Crippen molar-refractivity contribution in [3.05, 3.63) is 30.6 Å². The van der Waals surface area contributed by atoms with Gasteiger partial charge >= 0.3 is 5.91 Å². The van der Waals surface area contributed by atoms with Crippen molar-refractivity contribution in [1.82, 2.24) is 0 Å². The largest absolute Gasteiger partial charge is 0.402 e. The minimum absolute atomic E-state index is 0.0422. The third kappa shape index (κ3) is 1.64. The van der Waals surface area contributed by atoms with Gasteiger partial charge in [0.1, 0.15) is 5.33 Å². The molecule has 1 aromatic heterocycles. The van der Waals surface area contributed by atoms with Gasteiger partial charge in [0.2, 0.25) is 0 Å². The number of hydrogen-bond acceptors (Lipinski definition) is 1. The minimum atomic E-state index is 0.0422. The molecule has 1 aromatic rings. The summed E-state index contributed by atoms with van der Waals surface area (Å²) in [4.78, 5) is 10.9. The normalized spacial score (nSPS) is 9.30. The zero-order chi connectivity index (χ0) is 7.40. The fourth-order valence-electron chi connectivity index (χ4n) is 0.634. The van der Waals surface area contributed by atoms with Crippen LogP contribution in [0.15, 0.2) is 30.6 Å². The topological polar surface area (TPSA) is 20.9 Å². The van der Waals surface area contributed by atoms with Crippen LogP contribution < -0.4 is 4.57 Å². The van der Waals surface area contributed by atoms with E-state index in [2.05, 4.69) is 15.9 Å². The molecule has 0 aliphatic heterocycles. The number of alkyl halides is 1. The number of rotatable bonds is 1. The summed E-state index contributed by atoms with van der Waals surface area (Å²) in [5.41, 5.74) is 0. The molecule has 0 fully saturated rings. The standard InChI is InChI=1S/C7H7BrNO/c8-6-7(10)9-4-2-1-3-5-9/h1-5H,6H2/q+1. The number of hydrogen-bond donors (Lipinski definition) is 0. The Morgan fingerprint density at radius 2 is 1.90 bits per heavy atom. The van der Waals surface area contributed by atoms with Crippen LogP contribution in [0.1, 0.15) is 4.79 Å². The Labute approximate surface area is 67.6 Å². The maximum absolute atomic E-state index is 10.9. The highest BCUT2D eigenvalue weighted by atomic mass is 79.9. The number of carbonyl (C=O) groups is 1. The first kappa shape index (κ1) is 7.41. The van der Waals surface area contributed by atoms with Crippen molar-refractivity contribution in [3.63, 3.8) is 0 Å². The minimum Gasteiger partial charge on any atom is -0.218 e. The molecule has 0 atom stereocenters. The molecule has 0 aliphatic carbocycles. The molecule has 0 saturated carbocycles. The molecule has 0 aliphatic rings. The van der Waals surface area contributed by atoms with E-state index in [1.54, 1.807) is 12.4 Å². The monoisotopic (exact) mass is 200 g/mol. The van der Waals surface area contributed by atoms with Crippen molar-refractivity contribution >= 4 is 21.8 Å². The average Bonchev–Trinajstić information content (AvgIpc) is 2.05. The first-order valence-electron chi connectivity index (χ1n) is 2.90. The van der Waals surface area contributed by atoms with Gasteiger partial charge < -0.3 is 0 Å². The second-order valence-electron chi connectivity index (χ2n) is 1.81. The first-order chi connectivity index (χ1) is 4.84. The van der Waals surface area contributed by atoms with Gasteiger partial charge in [-0.3, -0.25) is 0 Å². The van der Waals surface area contributed by atoms with Crippen molar-refractivity contribution in [3.8, 4) is 0 Å². The molecule has 0 N–H and O–H groups in total. The third-order valence-electron chi connectivity index (χ3n) is 1.12. The van der Waals surface area contributed by atoms with Crippen LogP contribution in [-0.2, 0) is 0 Å². The predicted molar refractivity (Wildman–Crippen MR) is 41.1 cm³/mol. The Morgan fingerprint density at radius 1 is 1.30 bits per heavy atom. The van der Waals surface area contributed by atoms with Gasteiger partial charge in [0.25, 0.3) is 0 Å². The summed E-state index contributed by atoms with van der Waals surface area (Å²) in [5, 5.41) is 0.363. The molecule has 3 heteroatoms. The van der Waals surface area contributed by atoms with Crippen molar-refractivity contribution < 1.29 is 9.36 Å². The summed E-state index contributed by atoms with van der Waals surface area (Å²) in [6.45, 7) is 0. The van der Waals surface area contributed by atoms with Gasteiger partial charge in [-0.05, 0) is 0 Å². The lowest BCUT2D eigenvalue weighted by atomic mass is 10.5. The quantitative estimate of drug-likeness (QED) is 0.490. The lowest BCUT2D eigenvalue weighted by Gasteiger charge is -1.86. The van der Waals surface area contributed by atoms with Gasteiger partial charge in [-0.25, -0.2) is 4.79 Å². The smallest absolute Gasteiger partial charge is 0.218 e. The molecule has 0 spiro atoms. The first-order valence-corrected chi connectivity index (χ1v) is 4.02. The fraction of sp³-hybridized carbons (Fsp3) is 0.143. The molecule has 10 heavy (non-hydrogen) atoms. The second kappa shape index (κ2) is 3.46. The Balaban J connectivity index is 2.85. The molecule has 0 bridgehead atoms. The van der Waals surface area contributed by atoms with Gasteiger partial charge in [-0.1, -0.05) is 22.0 Å². The number of aromatic nitrogens is 1. The maximum Gasteiger partial charge on any atom is 0.402 e. The molecule has 0 unspecified atom stereocenters. The van der Waals surface area contributed by atoms with E-state index >= 15 is 0 Å². The highest BCUT2D eigenvalue weighted by molar-refractivity contribution is 9.09. The molecule has 2 nitrogen and oxygen atoms in total.